The molecule has 3 heteroatoms. The smallest absolute Gasteiger partial charge is 0.161 e. The fourth-order valence-corrected chi connectivity index (χ4v) is 2.22. The van der Waals surface area contributed by atoms with E-state index in [1.54, 1.807) is 12.1 Å². The van der Waals surface area contributed by atoms with Gasteiger partial charge in [0.15, 0.2) is 5.78 Å². The van der Waals surface area contributed by atoms with Crippen LogP contribution in [-0.4, -0.2) is 18.9 Å². The first-order chi connectivity index (χ1) is 8.09. The summed E-state index contributed by atoms with van der Waals surface area (Å²) in [6, 6.07) is 4.69. The van der Waals surface area contributed by atoms with Crippen LogP contribution in [0, 0.1) is 5.82 Å². The number of para-hydroxylation sites is 1. The topological polar surface area (TPSA) is 20.3 Å². The van der Waals surface area contributed by atoms with Crippen LogP contribution >= 0.6 is 0 Å². The predicted molar refractivity (Wildman–Crippen MR) is 67.0 cm³/mol. The Morgan fingerprint density at radius 2 is 2.18 bits per heavy atom. The molecule has 0 saturated heterocycles. The fourth-order valence-electron chi connectivity index (χ4n) is 2.22. The van der Waals surface area contributed by atoms with E-state index >= 15 is 0 Å². The van der Waals surface area contributed by atoms with E-state index in [4.69, 9.17) is 0 Å². The monoisotopic (exact) mass is 233 g/mol. The summed E-state index contributed by atoms with van der Waals surface area (Å²) in [7, 11) is 0. The maximum atomic E-state index is 13.9. The van der Waals surface area contributed by atoms with Gasteiger partial charge >= 0.3 is 0 Å². The number of ketones is 1. The average molecular weight is 233 g/mol. The third kappa shape index (κ3) is 2.38. The predicted octanol–water partition coefficient (Wildman–Crippen LogP) is 3.18. The number of carbonyl (C=O) groups excluding carboxylic acids is 1. The van der Waals surface area contributed by atoms with E-state index in [1.807, 2.05) is 11.8 Å². The second-order valence-electron chi connectivity index (χ2n) is 4.45. The van der Waals surface area contributed by atoms with E-state index in [1.165, 1.54) is 18.6 Å². The number of rotatable bonds is 2. The number of hydrogen-bond acceptors (Lipinski definition) is 2. The first-order valence-corrected chi connectivity index (χ1v) is 5.79. The second-order valence-corrected chi connectivity index (χ2v) is 4.45. The van der Waals surface area contributed by atoms with Crippen LogP contribution in [0.4, 0.5) is 10.1 Å². The first kappa shape index (κ1) is 11.8. The van der Waals surface area contributed by atoms with Crippen LogP contribution in [0.15, 0.2) is 29.8 Å². The molecule has 0 bridgehead atoms. The maximum Gasteiger partial charge on any atom is 0.161 e. The Bertz CT molecular complexity index is 479. The Morgan fingerprint density at radius 1 is 1.41 bits per heavy atom. The van der Waals surface area contributed by atoms with Crippen LogP contribution in [-0.2, 0) is 0 Å². The number of Topliss-reactive ketones (excluding diaryl/α,β-unsaturated/α-hetero) is 1. The van der Waals surface area contributed by atoms with Gasteiger partial charge < -0.3 is 4.90 Å². The summed E-state index contributed by atoms with van der Waals surface area (Å²) in [5.41, 5.74) is 2.14. The molecule has 0 N–H and O–H groups in total. The third-order valence-corrected chi connectivity index (χ3v) is 3.01. The van der Waals surface area contributed by atoms with Gasteiger partial charge in [0.1, 0.15) is 5.82 Å². The maximum absolute atomic E-state index is 13.9. The SMILES string of the molecule is CC(=O)c1cccc(F)c1N1CCC=C(C)C1. The van der Waals surface area contributed by atoms with Gasteiger partial charge in [0.25, 0.3) is 0 Å². The minimum absolute atomic E-state index is 0.0910. The van der Waals surface area contributed by atoms with Crippen molar-refractivity contribution in [3.05, 3.63) is 41.2 Å². The zero-order valence-electron chi connectivity index (χ0n) is 10.2. The summed E-state index contributed by atoms with van der Waals surface area (Å²) < 4.78 is 13.9. The summed E-state index contributed by atoms with van der Waals surface area (Å²) in [5, 5.41) is 0. The van der Waals surface area contributed by atoms with Gasteiger partial charge in [-0.1, -0.05) is 17.7 Å². The molecule has 0 radical (unpaired) electrons. The number of nitrogens with zero attached hydrogens (tertiary/aromatic N) is 1. The van der Waals surface area contributed by atoms with Gasteiger partial charge in [0.2, 0.25) is 0 Å². The molecule has 0 aliphatic carbocycles. The van der Waals surface area contributed by atoms with Crippen molar-refractivity contribution in [2.75, 3.05) is 18.0 Å². The van der Waals surface area contributed by atoms with Gasteiger partial charge in [0.05, 0.1) is 5.69 Å². The molecular formula is C14H16FNO. The van der Waals surface area contributed by atoms with Gasteiger partial charge in [-0.3, -0.25) is 4.79 Å². The van der Waals surface area contributed by atoms with Gasteiger partial charge in [-0.2, -0.15) is 0 Å². The number of carbonyl (C=O) groups is 1. The van der Waals surface area contributed by atoms with Gasteiger partial charge in [-0.05, 0) is 32.4 Å². The Labute approximate surface area is 101 Å². The van der Waals surface area contributed by atoms with Crippen molar-refractivity contribution >= 4 is 11.5 Å². The molecule has 1 aliphatic rings. The molecular weight excluding hydrogens is 217 g/mol. The van der Waals surface area contributed by atoms with Gasteiger partial charge in [0, 0.05) is 18.7 Å². The Balaban J connectivity index is 2.43. The van der Waals surface area contributed by atoms with E-state index in [0.717, 1.165) is 13.0 Å². The largest absolute Gasteiger partial charge is 0.364 e. The highest BCUT2D eigenvalue weighted by Crippen LogP contribution is 2.27. The molecule has 90 valence electrons. The number of benzene rings is 1. The molecule has 0 saturated carbocycles. The quantitative estimate of drug-likeness (QED) is 0.577. The summed E-state index contributed by atoms with van der Waals surface area (Å²) in [4.78, 5) is 13.5. The normalized spacial score (nSPS) is 15.7. The molecule has 1 heterocycles. The highest BCUT2D eigenvalue weighted by Gasteiger charge is 2.20. The van der Waals surface area contributed by atoms with Crippen LogP contribution in [0.1, 0.15) is 30.6 Å². The molecule has 1 aliphatic heterocycles. The van der Waals surface area contributed by atoms with Gasteiger partial charge in [-0.25, -0.2) is 4.39 Å². The molecule has 0 unspecified atom stereocenters. The highest BCUT2D eigenvalue weighted by molar-refractivity contribution is 5.99. The number of halogens is 1. The van der Waals surface area contributed by atoms with Crippen molar-refractivity contribution in [1.29, 1.82) is 0 Å². The minimum Gasteiger partial charge on any atom is -0.364 e. The van der Waals surface area contributed by atoms with E-state index in [-0.39, 0.29) is 11.6 Å². The molecule has 0 amide bonds. The second kappa shape index (κ2) is 4.70. The third-order valence-electron chi connectivity index (χ3n) is 3.01. The summed E-state index contributed by atoms with van der Waals surface area (Å²) in [6.07, 6.45) is 3.06. The Morgan fingerprint density at radius 3 is 2.82 bits per heavy atom. The van der Waals surface area contributed by atoms with Crippen LogP contribution in [0.25, 0.3) is 0 Å². The van der Waals surface area contributed by atoms with Crippen LogP contribution in [0.2, 0.25) is 0 Å². The summed E-state index contributed by atoms with van der Waals surface area (Å²) in [6.45, 7) is 4.96. The zero-order chi connectivity index (χ0) is 12.4. The number of anilines is 1. The Hall–Kier alpha value is -1.64. The van der Waals surface area contributed by atoms with E-state index in [9.17, 15) is 9.18 Å². The minimum atomic E-state index is -0.313. The van der Waals surface area contributed by atoms with Crippen molar-refractivity contribution in [2.24, 2.45) is 0 Å². The van der Waals surface area contributed by atoms with E-state index in [2.05, 4.69) is 6.08 Å². The lowest BCUT2D eigenvalue weighted by Gasteiger charge is -2.30. The molecule has 0 fully saturated rings. The van der Waals surface area contributed by atoms with Gasteiger partial charge in [-0.15, -0.1) is 0 Å². The number of hydrogen-bond donors (Lipinski definition) is 0. The van der Waals surface area contributed by atoms with E-state index in [0.29, 0.717) is 17.8 Å². The van der Waals surface area contributed by atoms with Crippen LogP contribution < -0.4 is 4.90 Å². The van der Waals surface area contributed by atoms with Crippen molar-refractivity contribution in [2.45, 2.75) is 20.3 Å². The van der Waals surface area contributed by atoms with Crippen LogP contribution in [0.5, 0.6) is 0 Å². The molecule has 0 atom stereocenters. The summed E-state index contributed by atoms with van der Waals surface area (Å²) >= 11 is 0. The Kier molecular flexibility index (Phi) is 3.27. The first-order valence-electron chi connectivity index (χ1n) is 5.79. The molecule has 1 aromatic rings. The molecule has 2 nitrogen and oxygen atoms in total. The molecule has 17 heavy (non-hydrogen) atoms. The molecule has 2 rings (SSSR count). The van der Waals surface area contributed by atoms with Crippen LogP contribution in [0.3, 0.4) is 0 Å². The van der Waals surface area contributed by atoms with Crippen molar-refractivity contribution in [3.8, 4) is 0 Å². The van der Waals surface area contributed by atoms with Crippen molar-refractivity contribution in [1.82, 2.24) is 0 Å². The van der Waals surface area contributed by atoms with E-state index < -0.39 is 0 Å². The lowest BCUT2D eigenvalue weighted by molar-refractivity contribution is 0.101. The zero-order valence-corrected chi connectivity index (χ0v) is 10.2. The van der Waals surface area contributed by atoms with Crippen molar-refractivity contribution < 1.29 is 9.18 Å². The lowest BCUT2D eigenvalue weighted by Crippen LogP contribution is -2.31. The molecule has 0 aromatic heterocycles. The molecule has 1 aromatic carbocycles. The fraction of sp³-hybridized carbons (Fsp3) is 0.357. The molecule has 0 spiro atoms. The van der Waals surface area contributed by atoms with Crippen molar-refractivity contribution in [3.63, 3.8) is 0 Å². The summed E-state index contributed by atoms with van der Waals surface area (Å²) in [5.74, 6) is -0.404. The average Bonchev–Trinajstić information content (AvgIpc) is 2.28. The highest BCUT2D eigenvalue weighted by atomic mass is 19.1. The lowest BCUT2D eigenvalue weighted by atomic mass is 10.0. The standard InChI is InChI=1S/C14H16FNO/c1-10-5-4-8-16(9-10)14-12(11(2)17)6-3-7-13(14)15/h3,5-7H,4,8-9H2,1-2H3.